The second kappa shape index (κ2) is 24.8. The predicted octanol–water partition coefficient (Wildman–Crippen LogP) is 5.74. The molecule has 12 nitrogen and oxygen atoms in total. The lowest BCUT2D eigenvalue weighted by Crippen LogP contribution is -2.17. The second-order valence-corrected chi connectivity index (χ2v) is 10.1. The van der Waals surface area contributed by atoms with Crippen molar-refractivity contribution in [2.45, 2.75) is 66.4 Å². The van der Waals surface area contributed by atoms with Crippen LogP contribution in [0.2, 0.25) is 0 Å². The van der Waals surface area contributed by atoms with Crippen LogP contribution >= 0.6 is 0 Å². The molecule has 1 aromatic rings. The molecule has 0 aliphatic carbocycles. The lowest BCUT2D eigenvalue weighted by Gasteiger charge is -2.15. The summed E-state index contributed by atoms with van der Waals surface area (Å²) in [6.45, 7) is 23.0. The third-order valence-corrected chi connectivity index (χ3v) is 5.98. The molecule has 0 bridgehead atoms. The molecule has 1 fully saturated rings. The van der Waals surface area contributed by atoms with Crippen molar-refractivity contribution in [2.24, 2.45) is 0 Å². The minimum Gasteiger partial charge on any atom is -0.463 e. The third kappa shape index (κ3) is 19.8. The van der Waals surface area contributed by atoms with Gasteiger partial charge in [-0.2, -0.15) is 0 Å². The SMILES string of the molecule is C=C(C)C(=O)OCC.C=CC(=O)OC(=O)C(C)=C(Cc1ccccc1)OC(=O)C(C)=C(CCCC)OC(=O)C=C.C=CC(=O)OCC1CO1. The number of epoxide rings is 1. The van der Waals surface area contributed by atoms with Gasteiger partial charge in [-0.15, -0.1) is 0 Å². The van der Waals surface area contributed by atoms with Gasteiger partial charge in [0.05, 0.1) is 24.4 Å². The molecule has 1 aromatic carbocycles. The Morgan fingerprint density at radius 2 is 1.29 bits per heavy atom. The van der Waals surface area contributed by atoms with Gasteiger partial charge in [0.15, 0.2) is 0 Å². The number of benzene rings is 1. The van der Waals surface area contributed by atoms with Gasteiger partial charge in [0.1, 0.15) is 24.2 Å². The summed E-state index contributed by atoms with van der Waals surface area (Å²) >= 11 is 0. The van der Waals surface area contributed by atoms with Gasteiger partial charge in [-0.3, -0.25) is 0 Å². The highest BCUT2D eigenvalue weighted by molar-refractivity contribution is 5.99. The zero-order valence-electron chi connectivity index (χ0n) is 28.9. The van der Waals surface area contributed by atoms with Gasteiger partial charge in [0.2, 0.25) is 0 Å². The Balaban J connectivity index is 0.00000109. The number of esters is 6. The van der Waals surface area contributed by atoms with Gasteiger partial charge in [-0.1, -0.05) is 70.0 Å². The number of unbranched alkanes of at least 4 members (excludes halogenated alkanes) is 1. The molecule has 0 aromatic heterocycles. The van der Waals surface area contributed by atoms with Crippen molar-refractivity contribution in [3.05, 3.63) is 109 Å². The van der Waals surface area contributed by atoms with Gasteiger partial charge in [0.25, 0.3) is 0 Å². The number of hydrogen-bond donors (Lipinski definition) is 0. The minimum atomic E-state index is -0.959. The van der Waals surface area contributed by atoms with Crippen LogP contribution in [-0.4, -0.2) is 61.7 Å². The molecule has 0 saturated carbocycles. The van der Waals surface area contributed by atoms with Crippen molar-refractivity contribution in [1.82, 2.24) is 0 Å². The molecule has 49 heavy (non-hydrogen) atoms. The normalized spacial score (nSPS) is 13.4. The van der Waals surface area contributed by atoms with Crippen molar-refractivity contribution < 1.29 is 57.2 Å². The molecule has 1 heterocycles. The second-order valence-electron chi connectivity index (χ2n) is 10.1. The van der Waals surface area contributed by atoms with E-state index in [2.05, 4.69) is 40.5 Å². The molecular weight excluding hydrogens is 636 g/mol. The first-order chi connectivity index (χ1) is 23.2. The van der Waals surface area contributed by atoms with E-state index in [0.29, 0.717) is 38.2 Å². The summed E-state index contributed by atoms with van der Waals surface area (Å²) in [6, 6.07) is 9.01. The van der Waals surface area contributed by atoms with Crippen LogP contribution in [0.5, 0.6) is 0 Å². The van der Waals surface area contributed by atoms with E-state index >= 15 is 0 Å². The zero-order chi connectivity index (χ0) is 37.4. The molecule has 0 N–H and O–H groups in total. The van der Waals surface area contributed by atoms with Gasteiger partial charge >= 0.3 is 35.8 Å². The van der Waals surface area contributed by atoms with E-state index in [4.69, 9.17) is 14.2 Å². The molecule has 0 radical (unpaired) electrons. The molecule has 1 aliphatic rings. The fourth-order valence-electron chi connectivity index (χ4n) is 3.12. The summed E-state index contributed by atoms with van der Waals surface area (Å²) < 4.78 is 29.4. The highest BCUT2D eigenvalue weighted by atomic mass is 16.6. The average Bonchev–Trinajstić information content (AvgIpc) is 3.93. The summed E-state index contributed by atoms with van der Waals surface area (Å²) in [4.78, 5) is 69.0. The van der Waals surface area contributed by atoms with E-state index in [1.54, 1.807) is 38.1 Å². The van der Waals surface area contributed by atoms with E-state index in [1.807, 2.05) is 13.0 Å². The highest BCUT2D eigenvalue weighted by Crippen LogP contribution is 2.21. The molecular formula is C37H46O12. The number of hydrogen-bond acceptors (Lipinski definition) is 12. The van der Waals surface area contributed by atoms with Crippen molar-refractivity contribution in [1.29, 1.82) is 0 Å². The summed E-state index contributed by atoms with van der Waals surface area (Å²) in [5.41, 5.74) is 1.25. The zero-order valence-corrected chi connectivity index (χ0v) is 28.9. The fourth-order valence-corrected chi connectivity index (χ4v) is 3.12. The maximum atomic E-state index is 12.9. The smallest absolute Gasteiger partial charge is 0.345 e. The van der Waals surface area contributed by atoms with Crippen LogP contribution in [-0.2, 0) is 63.6 Å². The molecule has 0 amide bonds. The van der Waals surface area contributed by atoms with Crippen molar-refractivity contribution in [2.75, 3.05) is 19.8 Å². The van der Waals surface area contributed by atoms with E-state index in [-0.39, 0.29) is 47.1 Å². The molecule has 2 rings (SSSR count). The number of carbonyl (C=O) groups is 6. The first-order valence-corrected chi connectivity index (χ1v) is 15.4. The van der Waals surface area contributed by atoms with Crippen LogP contribution in [0, 0.1) is 0 Å². The molecule has 0 spiro atoms. The first-order valence-electron chi connectivity index (χ1n) is 15.4. The molecule has 266 valence electrons. The minimum absolute atomic E-state index is 0.00676. The van der Waals surface area contributed by atoms with Gasteiger partial charge in [-0.25, -0.2) is 28.8 Å². The summed E-state index contributed by atoms with van der Waals surface area (Å²) in [6.07, 6.45) is 5.10. The largest absolute Gasteiger partial charge is 0.463 e. The van der Waals surface area contributed by atoms with Crippen LogP contribution < -0.4 is 0 Å². The maximum Gasteiger partial charge on any atom is 0.345 e. The molecule has 12 heteroatoms. The summed E-state index contributed by atoms with van der Waals surface area (Å²) in [7, 11) is 0. The summed E-state index contributed by atoms with van der Waals surface area (Å²) in [5.74, 6) is -3.88. The average molecular weight is 683 g/mol. The van der Waals surface area contributed by atoms with Crippen LogP contribution in [0.25, 0.3) is 0 Å². The quantitative estimate of drug-likeness (QED) is 0.0520. The van der Waals surface area contributed by atoms with E-state index in [1.165, 1.54) is 13.8 Å². The topological polar surface area (TPSA) is 161 Å². The predicted molar refractivity (Wildman–Crippen MR) is 181 cm³/mol. The van der Waals surface area contributed by atoms with Crippen molar-refractivity contribution in [3.63, 3.8) is 0 Å². The van der Waals surface area contributed by atoms with E-state index in [0.717, 1.165) is 30.2 Å². The van der Waals surface area contributed by atoms with Crippen molar-refractivity contribution in [3.8, 4) is 0 Å². The number of ether oxygens (including phenoxy) is 6. The van der Waals surface area contributed by atoms with Crippen LogP contribution in [0.15, 0.2) is 103 Å². The Morgan fingerprint density at radius 1 is 0.755 bits per heavy atom. The van der Waals surface area contributed by atoms with Crippen LogP contribution in [0.3, 0.4) is 0 Å². The molecule has 1 unspecified atom stereocenters. The van der Waals surface area contributed by atoms with Crippen molar-refractivity contribution >= 4 is 35.8 Å². The standard InChI is InChI=1S/C25H28O7.C6H8O3.C6H10O2/c1-6-9-15-20(30-22(26)7-2)17(4)24(28)31-21(16-19-13-11-10-12-14-19)18(5)25(29)32-23(27)8-3;1-2-6(7)9-4-5-3-8-5;1-4-8-6(7)5(2)3/h7-8,10-14H,2-3,6,9,15-16H2,1,4-5H3;2,5H,1,3-4H2;2,4H2,1,3H3. The third-order valence-electron chi connectivity index (χ3n) is 5.98. The van der Waals surface area contributed by atoms with Gasteiger partial charge in [0, 0.05) is 36.6 Å². The monoisotopic (exact) mass is 682 g/mol. The van der Waals surface area contributed by atoms with E-state index in [9.17, 15) is 28.8 Å². The Hall–Kier alpha value is -5.36. The first kappa shape index (κ1) is 43.6. The molecule has 1 saturated heterocycles. The Labute approximate surface area is 287 Å². The number of rotatable bonds is 16. The van der Waals surface area contributed by atoms with E-state index < -0.39 is 23.9 Å². The Bertz CT molecular complexity index is 1410. The lowest BCUT2D eigenvalue weighted by molar-refractivity contribution is -0.153. The molecule has 1 atom stereocenters. The van der Waals surface area contributed by atoms with Gasteiger partial charge in [-0.05, 0) is 39.7 Å². The van der Waals surface area contributed by atoms with Crippen LogP contribution in [0.4, 0.5) is 0 Å². The summed E-state index contributed by atoms with van der Waals surface area (Å²) in [5, 5.41) is 0. The fraction of sp³-hybridized carbons (Fsp3) is 0.351. The number of allylic oxidation sites excluding steroid dienone is 2. The molecule has 1 aliphatic heterocycles. The maximum absolute atomic E-state index is 12.9. The Kier molecular flexibility index (Phi) is 22.1. The highest BCUT2D eigenvalue weighted by Gasteiger charge is 2.24. The lowest BCUT2D eigenvalue weighted by atomic mass is 10.1. The van der Waals surface area contributed by atoms with Crippen LogP contribution in [0.1, 0.15) is 59.4 Å². The number of carbonyl (C=O) groups excluding carboxylic acids is 6. The van der Waals surface area contributed by atoms with Gasteiger partial charge < -0.3 is 28.4 Å². The Morgan fingerprint density at radius 3 is 1.76 bits per heavy atom.